The van der Waals surface area contributed by atoms with E-state index in [4.69, 9.17) is 0 Å². The fraction of sp³-hybridized carbons (Fsp3) is 0.500. The van der Waals surface area contributed by atoms with Crippen LogP contribution in [-0.2, 0) is 6.54 Å². The second-order valence-electron chi connectivity index (χ2n) is 5.24. The van der Waals surface area contributed by atoms with Gasteiger partial charge in [0.2, 0.25) is 5.78 Å². The molecule has 1 N–H and O–H groups in total. The molecule has 3 aromatic rings. The third kappa shape index (κ3) is 1.75. The van der Waals surface area contributed by atoms with E-state index in [1.165, 1.54) is 0 Å². The average molecular weight is 273 g/mol. The topological polar surface area (TPSA) is 68.0 Å². The lowest BCUT2D eigenvalue weighted by molar-refractivity contribution is 0.614. The molecule has 6 heteroatoms. The van der Waals surface area contributed by atoms with Gasteiger partial charge in [-0.05, 0) is 25.8 Å². The summed E-state index contributed by atoms with van der Waals surface area (Å²) in [6, 6.07) is 0. The number of fused-ring (bicyclic) bond motifs is 2. The number of H-pyrrole nitrogens is 1. The molecule has 0 aromatic carbocycles. The number of aromatic amines is 1. The van der Waals surface area contributed by atoms with Gasteiger partial charge in [-0.3, -0.25) is 4.79 Å². The second-order valence-corrected chi connectivity index (χ2v) is 5.24. The summed E-state index contributed by atoms with van der Waals surface area (Å²) in [6.07, 6.45) is 5.28. The van der Waals surface area contributed by atoms with Crippen LogP contribution in [0.25, 0.3) is 16.8 Å². The third-order valence-corrected chi connectivity index (χ3v) is 3.76. The molecule has 0 atom stereocenters. The Balaban J connectivity index is 2.34. The number of aromatic nitrogens is 5. The van der Waals surface area contributed by atoms with Crippen LogP contribution in [0.3, 0.4) is 0 Å². The van der Waals surface area contributed by atoms with Crippen molar-refractivity contribution in [2.75, 3.05) is 0 Å². The maximum atomic E-state index is 12.5. The average Bonchev–Trinajstić information content (AvgIpc) is 2.99. The number of hydrogen-bond donors (Lipinski definition) is 1. The molecule has 0 aliphatic rings. The largest absolute Gasteiger partial charge is 0.355 e. The van der Waals surface area contributed by atoms with E-state index >= 15 is 0 Å². The van der Waals surface area contributed by atoms with Crippen molar-refractivity contribution in [3.63, 3.8) is 0 Å². The monoisotopic (exact) mass is 273 g/mol. The van der Waals surface area contributed by atoms with E-state index in [2.05, 4.69) is 26.7 Å². The Hall–Kier alpha value is -2.11. The van der Waals surface area contributed by atoms with Crippen LogP contribution in [-0.4, -0.2) is 24.1 Å². The summed E-state index contributed by atoms with van der Waals surface area (Å²) >= 11 is 0. The Morgan fingerprint density at radius 2 is 2.05 bits per heavy atom. The first kappa shape index (κ1) is 12.9. The minimum Gasteiger partial charge on any atom is -0.355 e. The molecule has 6 nitrogen and oxygen atoms in total. The highest BCUT2D eigenvalue weighted by atomic mass is 16.1. The van der Waals surface area contributed by atoms with Crippen LogP contribution in [0, 0.1) is 13.8 Å². The molecule has 0 amide bonds. The standard InChI is InChI=1S/C14H19N5O/c1-4-5-6-7-18-12-9(2)8-15-11(12)13(20)19-10(3)16-17-14(18)19/h8,15H,4-7H2,1-3H3. The van der Waals surface area contributed by atoms with Crippen LogP contribution in [0.4, 0.5) is 0 Å². The Labute approximate surface area is 116 Å². The fourth-order valence-corrected chi connectivity index (χ4v) is 2.73. The number of nitrogens with zero attached hydrogens (tertiary/aromatic N) is 4. The second kappa shape index (κ2) is 4.77. The van der Waals surface area contributed by atoms with Gasteiger partial charge < -0.3 is 9.55 Å². The Bertz CT molecular complexity index is 823. The van der Waals surface area contributed by atoms with Crippen molar-refractivity contribution in [1.29, 1.82) is 0 Å². The molecule has 0 spiro atoms. The molecule has 0 fully saturated rings. The number of aryl methyl sites for hydroxylation is 3. The number of hydrogen-bond acceptors (Lipinski definition) is 3. The van der Waals surface area contributed by atoms with Gasteiger partial charge in [-0.25, -0.2) is 4.40 Å². The maximum absolute atomic E-state index is 12.5. The van der Waals surface area contributed by atoms with Gasteiger partial charge >= 0.3 is 0 Å². The lowest BCUT2D eigenvalue weighted by Gasteiger charge is -2.10. The minimum absolute atomic E-state index is 0.0719. The van der Waals surface area contributed by atoms with Crippen molar-refractivity contribution in [2.24, 2.45) is 0 Å². The number of rotatable bonds is 4. The van der Waals surface area contributed by atoms with Crippen LogP contribution in [0.1, 0.15) is 37.6 Å². The van der Waals surface area contributed by atoms with Crippen LogP contribution >= 0.6 is 0 Å². The summed E-state index contributed by atoms with van der Waals surface area (Å²) in [5.41, 5.74) is 2.58. The zero-order chi connectivity index (χ0) is 14.3. The summed E-state index contributed by atoms with van der Waals surface area (Å²) in [5.74, 6) is 1.27. The van der Waals surface area contributed by atoms with Crippen molar-refractivity contribution >= 4 is 16.8 Å². The normalized spacial score (nSPS) is 11.8. The smallest absolute Gasteiger partial charge is 0.284 e. The molecule has 0 bridgehead atoms. The highest BCUT2D eigenvalue weighted by Crippen LogP contribution is 2.18. The molecule has 3 rings (SSSR count). The first-order chi connectivity index (χ1) is 9.65. The molecule has 0 aliphatic heterocycles. The van der Waals surface area contributed by atoms with E-state index in [-0.39, 0.29) is 5.56 Å². The lowest BCUT2D eigenvalue weighted by atomic mass is 10.2. The van der Waals surface area contributed by atoms with E-state index in [1.54, 1.807) is 11.3 Å². The highest BCUT2D eigenvalue weighted by molar-refractivity contribution is 5.80. The predicted octanol–water partition coefficient (Wildman–Crippen LogP) is 2.18. The van der Waals surface area contributed by atoms with Gasteiger partial charge in [-0.1, -0.05) is 19.8 Å². The summed E-state index contributed by atoms with van der Waals surface area (Å²) < 4.78 is 3.70. The zero-order valence-corrected chi connectivity index (χ0v) is 12.1. The van der Waals surface area contributed by atoms with Gasteiger partial charge in [-0.2, -0.15) is 0 Å². The molecular weight excluding hydrogens is 254 g/mol. The van der Waals surface area contributed by atoms with Crippen molar-refractivity contribution in [3.05, 3.63) is 27.9 Å². The molecule has 3 heterocycles. The summed E-state index contributed by atoms with van der Waals surface area (Å²) in [6.45, 7) is 6.85. The van der Waals surface area contributed by atoms with Gasteiger partial charge in [0, 0.05) is 12.7 Å². The first-order valence-corrected chi connectivity index (χ1v) is 7.07. The Kier molecular flexibility index (Phi) is 3.08. The molecule has 0 saturated heterocycles. The van der Waals surface area contributed by atoms with Gasteiger partial charge in [0.15, 0.2) is 0 Å². The van der Waals surface area contributed by atoms with E-state index in [1.807, 2.05) is 13.1 Å². The van der Waals surface area contributed by atoms with Crippen LogP contribution in [0.5, 0.6) is 0 Å². The van der Waals surface area contributed by atoms with E-state index < -0.39 is 0 Å². The number of unbranched alkanes of at least 4 members (excludes halogenated alkanes) is 2. The summed E-state index contributed by atoms with van der Waals surface area (Å²) in [4.78, 5) is 15.6. The lowest BCUT2D eigenvalue weighted by Crippen LogP contribution is -2.20. The first-order valence-electron chi connectivity index (χ1n) is 7.07. The maximum Gasteiger partial charge on any atom is 0.284 e. The van der Waals surface area contributed by atoms with Crippen LogP contribution in [0.15, 0.2) is 11.0 Å². The molecule has 0 radical (unpaired) electrons. The van der Waals surface area contributed by atoms with Gasteiger partial charge in [0.05, 0.1) is 5.52 Å². The Morgan fingerprint density at radius 3 is 2.80 bits per heavy atom. The minimum atomic E-state index is -0.0719. The van der Waals surface area contributed by atoms with Gasteiger partial charge in [0.25, 0.3) is 5.56 Å². The zero-order valence-electron chi connectivity index (χ0n) is 12.1. The quantitative estimate of drug-likeness (QED) is 0.741. The Morgan fingerprint density at radius 1 is 1.25 bits per heavy atom. The van der Waals surface area contributed by atoms with Crippen molar-refractivity contribution in [1.82, 2.24) is 24.1 Å². The van der Waals surface area contributed by atoms with Crippen LogP contribution in [0.2, 0.25) is 0 Å². The third-order valence-electron chi connectivity index (χ3n) is 3.76. The molecule has 106 valence electrons. The summed E-state index contributed by atoms with van der Waals surface area (Å²) in [7, 11) is 0. The van der Waals surface area contributed by atoms with E-state index in [9.17, 15) is 4.79 Å². The van der Waals surface area contributed by atoms with Gasteiger partial charge in [0.1, 0.15) is 11.3 Å². The van der Waals surface area contributed by atoms with Crippen molar-refractivity contribution in [2.45, 2.75) is 46.6 Å². The van der Waals surface area contributed by atoms with Crippen molar-refractivity contribution < 1.29 is 0 Å². The highest BCUT2D eigenvalue weighted by Gasteiger charge is 2.16. The molecule has 20 heavy (non-hydrogen) atoms. The molecule has 0 saturated carbocycles. The molecule has 0 unspecified atom stereocenters. The van der Waals surface area contributed by atoms with Crippen molar-refractivity contribution in [3.8, 4) is 0 Å². The van der Waals surface area contributed by atoms with Crippen LogP contribution < -0.4 is 5.56 Å². The predicted molar refractivity (Wildman–Crippen MR) is 78.1 cm³/mol. The van der Waals surface area contributed by atoms with Gasteiger partial charge in [-0.15, -0.1) is 10.2 Å². The van der Waals surface area contributed by atoms with E-state index in [0.717, 1.165) is 36.9 Å². The molecular formula is C14H19N5O. The molecule has 3 aromatic heterocycles. The number of nitrogens with one attached hydrogen (secondary N) is 1. The SMILES string of the molecule is CCCCCn1c2c(C)c[nH]c2c(=O)n2c(C)nnc12. The molecule has 0 aliphatic carbocycles. The summed E-state index contributed by atoms with van der Waals surface area (Å²) in [5, 5.41) is 8.25. The van der Waals surface area contributed by atoms with E-state index in [0.29, 0.717) is 17.1 Å². The fourth-order valence-electron chi connectivity index (χ4n) is 2.73.